The molecule has 3 fully saturated rings. The summed E-state index contributed by atoms with van der Waals surface area (Å²) in [5, 5.41) is 0. The lowest BCUT2D eigenvalue weighted by Crippen LogP contribution is -2.67. The van der Waals surface area contributed by atoms with Crippen LogP contribution in [0.5, 0.6) is 0 Å². The van der Waals surface area contributed by atoms with Gasteiger partial charge in [-0.15, -0.1) is 0 Å². The van der Waals surface area contributed by atoms with Crippen molar-refractivity contribution in [2.75, 3.05) is 13.1 Å². The maximum absolute atomic E-state index is 12.3. The summed E-state index contributed by atoms with van der Waals surface area (Å²) in [5.41, 5.74) is 0.998. The largest absolute Gasteiger partial charge is 0.608 e. The monoisotopic (exact) mass is 355 g/mol. The number of nitrogens with zero attached hydrogens (tertiary/aromatic N) is 1. The molecule has 6 heteroatoms. The number of hydrogen-bond donors (Lipinski definition) is 0. The van der Waals surface area contributed by atoms with Crippen LogP contribution < -0.4 is 0 Å². The van der Waals surface area contributed by atoms with Crippen molar-refractivity contribution in [3.05, 3.63) is 41.9 Å². The van der Waals surface area contributed by atoms with Crippen molar-refractivity contribution < 1.29 is 23.3 Å². The second kappa shape index (κ2) is 6.58. The lowest BCUT2D eigenvalue weighted by molar-refractivity contribution is -0.843. The van der Waals surface area contributed by atoms with Crippen LogP contribution in [0.4, 0.5) is 0 Å². The Morgan fingerprint density at radius 2 is 1.65 bits per heavy atom. The summed E-state index contributed by atoms with van der Waals surface area (Å²) in [4.78, 5) is 24.6. The van der Waals surface area contributed by atoms with Crippen molar-refractivity contribution in [2.45, 2.75) is 45.1 Å². The molecular formula is C20H26BNO4. The summed E-state index contributed by atoms with van der Waals surface area (Å²) in [6, 6.07) is 9.99. The molecular weight excluding hydrogens is 329 g/mol. The number of quaternary nitrogens is 1. The third-order valence-corrected chi connectivity index (χ3v) is 6.64. The average Bonchev–Trinajstić information content (AvgIpc) is 3.07. The first-order valence-electron chi connectivity index (χ1n) is 9.74. The normalized spacial score (nSPS) is 33.1. The second-order valence-corrected chi connectivity index (χ2v) is 8.04. The van der Waals surface area contributed by atoms with E-state index in [-0.39, 0.29) is 31.1 Å². The molecule has 138 valence electrons. The van der Waals surface area contributed by atoms with Crippen LogP contribution in [0.3, 0.4) is 0 Å². The molecule has 2 aliphatic heterocycles. The molecule has 1 saturated carbocycles. The fourth-order valence-corrected chi connectivity index (χ4v) is 5.18. The van der Waals surface area contributed by atoms with Gasteiger partial charge in [-0.25, -0.2) is 0 Å². The van der Waals surface area contributed by atoms with Gasteiger partial charge in [0.1, 0.15) is 13.1 Å². The first-order chi connectivity index (χ1) is 12.5. The molecule has 0 N–H and O–H groups in total. The van der Waals surface area contributed by atoms with E-state index in [0.717, 1.165) is 18.4 Å². The van der Waals surface area contributed by atoms with E-state index in [4.69, 9.17) is 9.31 Å². The minimum absolute atomic E-state index is 0.161. The molecule has 0 bridgehead atoms. The average molecular weight is 355 g/mol. The topological polar surface area (TPSA) is 52.6 Å². The van der Waals surface area contributed by atoms with Gasteiger partial charge in [0.15, 0.2) is 0 Å². The van der Waals surface area contributed by atoms with Crippen molar-refractivity contribution in [1.82, 2.24) is 0 Å². The maximum Gasteiger partial charge on any atom is 0.608 e. The number of fused-ring (bicyclic) bond motifs is 1. The molecule has 26 heavy (non-hydrogen) atoms. The summed E-state index contributed by atoms with van der Waals surface area (Å²) in [5.74, 6) is 1.81. The van der Waals surface area contributed by atoms with Crippen molar-refractivity contribution in [3.63, 3.8) is 0 Å². The second-order valence-electron chi connectivity index (χ2n) is 8.04. The van der Waals surface area contributed by atoms with Crippen LogP contribution in [-0.4, -0.2) is 42.2 Å². The highest BCUT2D eigenvalue weighted by atomic mass is 16.7. The van der Waals surface area contributed by atoms with Gasteiger partial charge in [0.25, 0.3) is 0 Å². The van der Waals surface area contributed by atoms with E-state index in [1.54, 1.807) is 0 Å². The molecule has 2 heterocycles. The molecule has 0 spiro atoms. The van der Waals surface area contributed by atoms with Gasteiger partial charge in [0.2, 0.25) is 0 Å². The Hall–Kier alpha value is -2.08. The molecule has 1 aromatic carbocycles. The van der Waals surface area contributed by atoms with Gasteiger partial charge < -0.3 is 13.7 Å². The number of benzene rings is 1. The highest BCUT2D eigenvalue weighted by molar-refractivity contribution is 6.71. The van der Waals surface area contributed by atoms with Gasteiger partial charge >= 0.3 is 18.6 Å². The van der Waals surface area contributed by atoms with Gasteiger partial charge in [-0.05, 0) is 25.3 Å². The molecule has 1 aromatic rings. The number of rotatable bonds is 4. The number of carbonyl (C=O) groups excluding carboxylic acids is 2. The van der Waals surface area contributed by atoms with Gasteiger partial charge in [-0.2, -0.15) is 0 Å². The molecule has 0 unspecified atom stereocenters. The smallest absolute Gasteiger partial charge is 0.596 e. The SMILES string of the molecule is C[C@@H](C1CCCCC1)[N+]12CC(=O)O[B-]1(C=Cc1ccccc1)OC(=O)C2. The van der Waals surface area contributed by atoms with Crippen molar-refractivity contribution in [3.8, 4) is 0 Å². The molecule has 0 amide bonds. The minimum atomic E-state index is -2.14. The van der Waals surface area contributed by atoms with Gasteiger partial charge in [0.05, 0.1) is 6.04 Å². The summed E-state index contributed by atoms with van der Waals surface area (Å²) in [6.07, 6.45) is 7.93. The summed E-state index contributed by atoms with van der Waals surface area (Å²) in [7, 11) is 0. The number of hydrogen-bond acceptors (Lipinski definition) is 4. The van der Waals surface area contributed by atoms with Crippen LogP contribution in [-0.2, 0) is 18.9 Å². The van der Waals surface area contributed by atoms with E-state index in [1.165, 1.54) is 19.3 Å². The van der Waals surface area contributed by atoms with Gasteiger partial charge in [-0.3, -0.25) is 9.59 Å². The molecule has 5 nitrogen and oxygen atoms in total. The summed E-state index contributed by atoms with van der Waals surface area (Å²) in [6.45, 7) is 0.482. The fraction of sp³-hybridized carbons (Fsp3) is 0.500. The molecule has 2 saturated heterocycles. The van der Waals surface area contributed by atoms with Crippen molar-refractivity contribution in [1.29, 1.82) is 0 Å². The van der Waals surface area contributed by atoms with E-state index >= 15 is 0 Å². The first kappa shape index (κ1) is 17.3. The van der Waals surface area contributed by atoms with E-state index in [0.29, 0.717) is 10.3 Å². The van der Waals surface area contributed by atoms with E-state index in [1.807, 2.05) is 42.4 Å². The maximum atomic E-state index is 12.3. The Kier molecular flexibility index (Phi) is 4.39. The van der Waals surface area contributed by atoms with Gasteiger partial charge in [-0.1, -0.05) is 61.6 Å². The highest BCUT2D eigenvalue weighted by Gasteiger charge is 2.67. The van der Waals surface area contributed by atoms with E-state index in [2.05, 4.69) is 6.92 Å². The van der Waals surface area contributed by atoms with Crippen LogP contribution in [0.25, 0.3) is 6.08 Å². The Bertz CT molecular complexity index is 707. The first-order valence-corrected chi connectivity index (χ1v) is 9.74. The fourth-order valence-electron chi connectivity index (χ4n) is 5.18. The molecule has 3 aliphatic rings. The van der Waals surface area contributed by atoms with Crippen LogP contribution >= 0.6 is 0 Å². The van der Waals surface area contributed by atoms with Crippen LogP contribution in [0.2, 0.25) is 0 Å². The predicted octanol–water partition coefficient (Wildman–Crippen LogP) is 3.08. The standard InChI is InChI=1S/C20H26BNO4/c1-16(18-10-6-3-7-11-18)22-14-19(23)25-21(22,26-20(24)15-22)13-12-17-8-4-2-5-9-17/h2,4-5,8-9,12-13,16,18H,3,6-7,10-11,14-15H2,1H3/t16-,21?,22?/m0/s1. The van der Waals surface area contributed by atoms with Crippen molar-refractivity contribution >= 4 is 24.7 Å². The zero-order valence-corrected chi connectivity index (χ0v) is 15.3. The Morgan fingerprint density at radius 1 is 1.04 bits per heavy atom. The molecule has 0 radical (unpaired) electrons. The zero-order chi connectivity index (χ0) is 18.2. The molecule has 0 aromatic heterocycles. The van der Waals surface area contributed by atoms with Crippen LogP contribution in [0, 0.1) is 5.92 Å². The molecule has 4 rings (SSSR count). The Balaban J connectivity index is 1.70. The molecule has 1 atom stereocenters. The summed E-state index contributed by atoms with van der Waals surface area (Å²) >= 11 is 0. The number of carbonyl (C=O) groups is 2. The lowest BCUT2D eigenvalue weighted by Gasteiger charge is -2.50. The third-order valence-electron chi connectivity index (χ3n) is 6.64. The quantitative estimate of drug-likeness (QED) is 0.779. The lowest BCUT2D eigenvalue weighted by atomic mass is 9.64. The van der Waals surface area contributed by atoms with Crippen LogP contribution in [0.15, 0.2) is 36.3 Å². The van der Waals surface area contributed by atoms with Crippen LogP contribution in [0.1, 0.15) is 44.6 Å². The minimum Gasteiger partial charge on any atom is -0.596 e. The van der Waals surface area contributed by atoms with E-state index in [9.17, 15) is 9.59 Å². The van der Waals surface area contributed by atoms with E-state index < -0.39 is 6.69 Å². The Labute approximate surface area is 154 Å². The van der Waals surface area contributed by atoms with Crippen molar-refractivity contribution in [2.24, 2.45) is 5.92 Å². The Morgan fingerprint density at radius 3 is 2.27 bits per heavy atom. The predicted molar refractivity (Wildman–Crippen MR) is 99.4 cm³/mol. The van der Waals surface area contributed by atoms with Gasteiger partial charge in [0, 0.05) is 5.92 Å². The molecule has 1 aliphatic carbocycles. The highest BCUT2D eigenvalue weighted by Crippen LogP contribution is 2.44. The zero-order valence-electron chi connectivity index (χ0n) is 15.3. The summed E-state index contributed by atoms with van der Waals surface area (Å²) < 4.78 is 11.8. The third kappa shape index (κ3) is 2.76.